The zero-order valence-corrected chi connectivity index (χ0v) is 16.5. The number of rotatable bonds is 7. The molecule has 0 aromatic heterocycles. The van der Waals surface area contributed by atoms with Crippen LogP contribution in [0.4, 0.5) is 0 Å². The number of nitrogens with zero attached hydrogens (tertiary/aromatic N) is 1. The molecule has 0 saturated carbocycles. The highest BCUT2D eigenvalue weighted by atomic mass is 32.2. The highest BCUT2D eigenvalue weighted by Crippen LogP contribution is 2.24. The van der Waals surface area contributed by atoms with Crippen molar-refractivity contribution in [3.8, 4) is 5.75 Å². The van der Waals surface area contributed by atoms with E-state index in [4.69, 9.17) is 9.47 Å². The molecule has 0 spiro atoms. The summed E-state index contributed by atoms with van der Waals surface area (Å²) in [6.07, 6.45) is 3.87. The Hall–Kier alpha value is -1.64. The molecule has 1 aromatic rings. The van der Waals surface area contributed by atoms with Gasteiger partial charge in [0.05, 0.1) is 11.0 Å². The molecule has 1 aromatic carbocycles. The van der Waals surface area contributed by atoms with Gasteiger partial charge in [0.1, 0.15) is 5.75 Å². The van der Waals surface area contributed by atoms with Crippen LogP contribution in [0.25, 0.3) is 0 Å². The van der Waals surface area contributed by atoms with E-state index in [0.29, 0.717) is 31.3 Å². The van der Waals surface area contributed by atoms with Crippen molar-refractivity contribution in [3.05, 3.63) is 24.3 Å². The SMILES string of the molecule is CC1CCN(S(=O)(=O)c2ccc(OCC(=O)NC[C@H]3CCCO3)cc2)CC1. The largest absolute Gasteiger partial charge is 0.484 e. The van der Waals surface area contributed by atoms with Gasteiger partial charge >= 0.3 is 0 Å². The summed E-state index contributed by atoms with van der Waals surface area (Å²) < 4.78 is 37.8. The fraction of sp³-hybridized carbons (Fsp3) is 0.632. The number of amides is 1. The zero-order valence-electron chi connectivity index (χ0n) is 15.7. The van der Waals surface area contributed by atoms with Gasteiger partial charge in [-0.2, -0.15) is 4.31 Å². The average Bonchev–Trinajstić information content (AvgIpc) is 3.19. The van der Waals surface area contributed by atoms with Gasteiger partial charge in [0.2, 0.25) is 10.0 Å². The molecule has 1 atom stereocenters. The van der Waals surface area contributed by atoms with Crippen molar-refractivity contribution in [1.82, 2.24) is 9.62 Å². The van der Waals surface area contributed by atoms with Crippen molar-refractivity contribution in [2.75, 3.05) is 32.8 Å². The highest BCUT2D eigenvalue weighted by Gasteiger charge is 2.28. The molecule has 0 radical (unpaired) electrons. The standard InChI is InChI=1S/C19H28N2O5S/c1-15-8-10-21(11-9-15)27(23,24)18-6-4-16(5-7-18)26-14-19(22)20-13-17-3-2-12-25-17/h4-7,15,17H,2-3,8-14H2,1H3,(H,20,22)/t17-/m1/s1. The lowest BCUT2D eigenvalue weighted by Crippen LogP contribution is -2.37. The van der Waals surface area contributed by atoms with E-state index in [0.717, 1.165) is 32.3 Å². The van der Waals surface area contributed by atoms with Crippen molar-refractivity contribution < 1.29 is 22.7 Å². The second-order valence-corrected chi connectivity index (χ2v) is 9.22. The lowest BCUT2D eigenvalue weighted by atomic mass is 10.0. The first-order valence-electron chi connectivity index (χ1n) is 9.56. The summed E-state index contributed by atoms with van der Waals surface area (Å²) in [4.78, 5) is 12.1. The second-order valence-electron chi connectivity index (χ2n) is 7.29. The van der Waals surface area contributed by atoms with Crippen LogP contribution in [0.3, 0.4) is 0 Å². The van der Waals surface area contributed by atoms with Crippen molar-refractivity contribution in [1.29, 1.82) is 0 Å². The Morgan fingerprint density at radius 3 is 2.56 bits per heavy atom. The number of ether oxygens (including phenoxy) is 2. The molecule has 2 aliphatic heterocycles. The van der Waals surface area contributed by atoms with E-state index in [2.05, 4.69) is 12.2 Å². The third-order valence-corrected chi connectivity index (χ3v) is 7.04. The number of hydrogen-bond donors (Lipinski definition) is 1. The minimum absolute atomic E-state index is 0.0937. The van der Waals surface area contributed by atoms with Gasteiger partial charge in [-0.3, -0.25) is 4.79 Å². The maximum Gasteiger partial charge on any atom is 0.258 e. The van der Waals surface area contributed by atoms with Gasteiger partial charge < -0.3 is 14.8 Å². The van der Waals surface area contributed by atoms with E-state index in [9.17, 15) is 13.2 Å². The molecule has 1 amide bonds. The zero-order chi connectivity index (χ0) is 19.3. The number of carbonyl (C=O) groups excluding carboxylic acids is 1. The van der Waals surface area contributed by atoms with Gasteiger partial charge in [-0.05, 0) is 55.9 Å². The average molecular weight is 397 g/mol. The molecule has 27 heavy (non-hydrogen) atoms. The molecule has 7 nitrogen and oxygen atoms in total. The van der Waals surface area contributed by atoms with E-state index in [1.54, 1.807) is 16.4 Å². The molecule has 3 rings (SSSR count). The monoisotopic (exact) mass is 396 g/mol. The quantitative estimate of drug-likeness (QED) is 0.759. The molecular weight excluding hydrogens is 368 g/mol. The minimum atomic E-state index is -3.47. The molecule has 1 N–H and O–H groups in total. The first-order chi connectivity index (χ1) is 12.9. The third kappa shape index (κ3) is 5.43. The summed E-state index contributed by atoms with van der Waals surface area (Å²) in [6, 6.07) is 6.25. The van der Waals surface area contributed by atoms with E-state index in [1.807, 2.05) is 0 Å². The van der Waals surface area contributed by atoms with Gasteiger partial charge in [-0.25, -0.2) is 8.42 Å². The summed E-state index contributed by atoms with van der Waals surface area (Å²) in [5.41, 5.74) is 0. The Balaban J connectivity index is 1.48. The molecule has 2 heterocycles. The lowest BCUT2D eigenvalue weighted by molar-refractivity contribution is -0.123. The van der Waals surface area contributed by atoms with Crippen LogP contribution in [0.1, 0.15) is 32.6 Å². The molecule has 0 bridgehead atoms. The van der Waals surface area contributed by atoms with Crippen LogP contribution in [-0.2, 0) is 19.6 Å². The Morgan fingerprint density at radius 1 is 1.22 bits per heavy atom. The van der Waals surface area contributed by atoms with Crippen molar-refractivity contribution in [2.24, 2.45) is 5.92 Å². The molecule has 0 aliphatic carbocycles. The number of sulfonamides is 1. The van der Waals surface area contributed by atoms with Gasteiger partial charge in [0.15, 0.2) is 6.61 Å². The summed E-state index contributed by atoms with van der Waals surface area (Å²) in [7, 11) is -3.47. The number of nitrogens with one attached hydrogen (secondary N) is 1. The van der Waals surface area contributed by atoms with Gasteiger partial charge in [-0.15, -0.1) is 0 Å². The predicted molar refractivity (Wildman–Crippen MR) is 101 cm³/mol. The Kier molecular flexibility index (Phi) is 6.73. The van der Waals surface area contributed by atoms with Crippen molar-refractivity contribution in [2.45, 2.75) is 43.6 Å². The topological polar surface area (TPSA) is 84.9 Å². The first-order valence-corrected chi connectivity index (χ1v) is 11.0. The second kappa shape index (κ2) is 9.03. The normalized spacial score (nSPS) is 21.9. The van der Waals surface area contributed by atoms with Crippen LogP contribution in [0.5, 0.6) is 5.75 Å². The van der Waals surface area contributed by atoms with Crippen molar-refractivity contribution in [3.63, 3.8) is 0 Å². The molecule has 8 heteroatoms. The maximum absolute atomic E-state index is 12.7. The number of piperidine rings is 1. The smallest absolute Gasteiger partial charge is 0.258 e. The van der Waals surface area contributed by atoms with Gasteiger partial charge in [-0.1, -0.05) is 6.92 Å². The number of benzene rings is 1. The molecule has 0 unspecified atom stereocenters. The van der Waals surface area contributed by atoms with Gasteiger partial charge in [0, 0.05) is 26.2 Å². The van der Waals surface area contributed by atoms with Crippen LogP contribution in [0, 0.1) is 5.92 Å². The van der Waals surface area contributed by atoms with Gasteiger partial charge in [0.25, 0.3) is 5.91 Å². The molecule has 2 saturated heterocycles. The fourth-order valence-corrected chi connectivity index (χ4v) is 4.78. The summed E-state index contributed by atoms with van der Waals surface area (Å²) in [6.45, 7) is 4.41. The summed E-state index contributed by atoms with van der Waals surface area (Å²) in [5, 5.41) is 2.79. The van der Waals surface area contributed by atoms with E-state index < -0.39 is 10.0 Å². The number of carbonyl (C=O) groups is 1. The van der Waals surface area contributed by atoms with Crippen molar-refractivity contribution >= 4 is 15.9 Å². The van der Waals surface area contributed by atoms with Crippen LogP contribution >= 0.6 is 0 Å². The Morgan fingerprint density at radius 2 is 1.93 bits per heavy atom. The fourth-order valence-electron chi connectivity index (χ4n) is 3.32. The van der Waals surface area contributed by atoms with E-state index in [-0.39, 0.29) is 23.5 Å². The predicted octanol–water partition coefficient (Wildman–Crippen LogP) is 1.78. The Bertz CT molecular complexity index is 721. The minimum Gasteiger partial charge on any atom is -0.484 e. The molecular formula is C19H28N2O5S. The number of hydrogen-bond acceptors (Lipinski definition) is 5. The highest BCUT2D eigenvalue weighted by molar-refractivity contribution is 7.89. The third-order valence-electron chi connectivity index (χ3n) is 5.12. The van der Waals surface area contributed by atoms with Crippen LogP contribution in [-0.4, -0.2) is 57.6 Å². The van der Waals surface area contributed by atoms with E-state index in [1.165, 1.54) is 12.1 Å². The first kappa shape index (κ1) is 20.1. The van der Waals surface area contributed by atoms with E-state index >= 15 is 0 Å². The summed E-state index contributed by atoms with van der Waals surface area (Å²) >= 11 is 0. The molecule has 2 aliphatic rings. The Labute approximate surface area is 161 Å². The van der Waals surface area contributed by atoms with Crippen LogP contribution in [0.15, 0.2) is 29.2 Å². The summed E-state index contributed by atoms with van der Waals surface area (Å²) in [5.74, 6) is 0.816. The molecule has 2 fully saturated rings. The maximum atomic E-state index is 12.7. The van der Waals surface area contributed by atoms with Crippen LogP contribution in [0.2, 0.25) is 0 Å². The van der Waals surface area contributed by atoms with Crippen LogP contribution < -0.4 is 10.1 Å². The molecule has 150 valence electrons. The lowest BCUT2D eigenvalue weighted by Gasteiger charge is -2.29.